The van der Waals surface area contributed by atoms with Crippen molar-refractivity contribution in [3.63, 3.8) is 0 Å². The summed E-state index contributed by atoms with van der Waals surface area (Å²) >= 11 is 0. The maximum absolute atomic E-state index is 6.00. The number of aromatic nitrogens is 4. The van der Waals surface area contributed by atoms with Crippen molar-refractivity contribution >= 4 is 25.1 Å². The molecule has 0 bridgehead atoms. The molecule has 1 N–H and O–H groups in total. The first-order chi connectivity index (χ1) is 12.0. The summed E-state index contributed by atoms with van der Waals surface area (Å²) in [5.41, 5.74) is 1.78. The van der Waals surface area contributed by atoms with Crippen LogP contribution >= 0.6 is 0 Å². The lowest BCUT2D eigenvalue weighted by molar-refractivity contribution is 0.0875. The molecule has 1 aliphatic rings. The summed E-state index contributed by atoms with van der Waals surface area (Å²) in [4.78, 5) is 13.8. The molecule has 0 radical (unpaired) electrons. The molecular formula is C18H31N5OSi. The molecule has 2 aromatic rings. The number of fused-ring (bicyclic) bond motifs is 1. The molecular weight excluding hydrogens is 330 g/mol. The molecule has 0 unspecified atom stereocenters. The Balaban J connectivity index is 1.78. The van der Waals surface area contributed by atoms with Crippen molar-refractivity contribution in [2.45, 2.75) is 70.9 Å². The van der Waals surface area contributed by atoms with Crippen molar-refractivity contribution in [3.05, 3.63) is 12.2 Å². The summed E-state index contributed by atoms with van der Waals surface area (Å²) < 4.78 is 8.15. The molecule has 2 heterocycles. The highest BCUT2D eigenvalue weighted by molar-refractivity contribution is 6.76. The Labute approximate surface area is 151 Å². The molecule has 6 nitrogen and oxygen atoms in total. The second-order valence-corrected chi connectivity index (χ2v) is 13.8. The van der Waals surface area contributed by atoms with Gasteiger partial charge in [-0.1, -0.05) is 33.0 Å². The van der Waals surface area contributed by atoms with Crippen LogP contribution in [0.3, 0.4) is 0 Å². The van der Waals surface area contributed by atoms with Gasteiger partial charge in [-0.25, -0.2) is 15.0 Å². The fraction of sp³-hybridized carbons (Fsp3) is 0.722. The molecule has 3 rings (SSSR count). The van der Waals surface area contributed by atoms with Gasteiger partial charge in [0.2, 0.25) is 0 Å². The SMILES string of the molecule is CCCCNc1ncnc2c1nc(C1CC1)n2COCC[Si](C)(C)C. The van der Waals surface area contributed by atoms with Gasteiger partial charge in [0, 0.05) is 27.1 Å². The lowest BCUT2D eigenvalue weighted by atomic mass is 10.3. The van der Waals surface area contributed by atoms with E-state index in [4.69, 9.17) is 9.72 Å². The van der Waals surface area contributed by atoms with Crippen LogP contribution in [0.1, 0.15) is 44.3 Å². The first kappa shape index (κ1) is 18.3. The van der Waals surface area contributed by atoms with Crippen molar-refractivity contribution in [2.75, 3.05) is 18.5 Å². The van der Waals surface area contributed by atoms with Crippen molar-refractivity contribution < 1.29 is 4.74 Å². The number of hydrogen-bond acceptors (Lipinski definition) is 5. The molecule has 1 aliphatic carbocycles. The minimum atomic E-state index is -1.07. The number of imidazole rings is 1. The van der Waals surface area contributed by atoms with Gasteiger partial charge in [-0.05, 0) is 25.3 Å². The van der Waals surface area contributed by atoms with E-state index >= 15 is 0 Å². The van der Waals surface area contributed by atoms with Crippen LogP contribution in [0.15, 0.2) is 6.33 Å². The Morgan fingerprint density at radius 2 is 2.08 bits per heavy atom. The maximum Gasteiger partial charge on any atom is 0.167 e. The minimum absolute atomic E-state index is 0.540. The van der Waals surface area contributed by atoms with Crippen molar-refractivity contribution in [1.82, 2.24) is 19.5 Å². The van der Waals surface area contributed by atoms with Gasteiger partial charge in [0.05, 0.1) is 0 Å². The van der Waals surface area contributed by atoms with E-state index in [2.05, 4.69) is 46.4 Å². The Bertz CT molecular complexity index is 705. The normalized spacial score (nSPS) is 15.0. The molecule has 2 aromatic heterocycles. The third kappa shape index (κ3) is 4.79. The van der Waals surface area contributed by atoms with Gasteiger partial charge in [-0.3, -0.25) is 4.57 Å². The number of unbranched alkanes of at least 4 members (excludes halogenated alkanes) is 1. The van der Waals surface area contributed by atoms with Crippen LogP contribution in [-0.4, -0.2) is 40.7 Å². The highest BCUT2D eigenvalue weighted by atomic mass is 28.3. The molecule has 25 heavy (non-hydrogen) atoms. The predicted octanol–water partition coefficient (Wildman–Crippen LogP) is 4.23. The lowest BCUT2D eigenvalue weighted by Crippen LogP contribution is -2.22. The van der Waals surface area contributed by atoms with E-state index in [9.17, 15) is 0 Å². The number of anilines is 1. The summed E-state index contributed by atoms with van der Waals surface area (Å²) in [5, 5.41) is 3.41. The summed E-state index contributed by atoms with van der Waals surface area (Å²) in [5.74, 6) is 2.52. The van der Waals surface area contributed by atoms with Gasteiger partial charge in [0.15, 0.2) is 17.0 Å². The fourth-order valence-corrected chi connectivity index (χ4v) is 3.54. The lowest BCUT2D eigenvalue weighted by Gasteiger charge is -2.16. The van der Waals surface area contributed by atoms with Crippen molar-refractivity contribution in [2.24, 2.45) is 0 Å². The van der Waals surface area contributed by atoms with Gasteiger partial charge in [0.25, 0.3) is 0 Å². The molecule has 138 valence electrons. The van der Waals surface area contributed by atoms with E-state index in [1.165, 1.54) is 18.9 Å². The smallest absolute Gasteiger partial charge is 0.167 e. The second kappa shape index (κ2) is 7.82. The first-order valence-electron chi connectivity index (χ1n) is 9.52. The largest absolute Gasteiger partial charge is 0.368 e. The van der Waals surface area contributed by atoms with E-state index in [0.717, 1.165) is 48.8 Å². The number of nitrogens with one attached hydrogen (secondary N) is 1. The highest BCUT2D eigenvalue weighted by Crippen LogP contribution is 2.41. The van der Waals surface area contributed by atoms with Crippen LogP contribution in [0.5, 0.6) is 0 Å². The molecule has 1 fully saturated rings. The van der Waals surface area contributed by atoms with E-state index in [0.29, 0.717) is 12.6 Å². The van der Waals surface area contributed by atoms with Crippen LogP contribution in [-0.2, 0) is 11.5 Å². The molecule has 0 aromatic carbocycles. The highest BCUT2D eigenvalue weighted by Gasteiger charge is 2.30. The third-order valence-corrected chi connectivity index (χ3v) is 6.25. The van der Waals surface area contributed by atoms with Gasteiger partial charge < -0.3 is 10.1 Å². The number of hydrogen-bond donors (Lipinski definition) is 1. The molecule has 7 heteroatoms. The van der Waals surface area contributed by atoms with Crippen LogP contribution in [0, 0.1) is 0 Å². The summed E-state index contributed by atoms with van der Waals surface area (Å²) in [6.45, 7) is 11.6. The second-order valence-electron chi connectivity index (χ2n) is 8.20. The zero-order valence-corrected chi connectivity index (χ0v) is 17.0. The fourth-order valence-electron chi connectivity index (χ4n) is 2.78. The van der Waals surface area contributed by atoms with Gasteiger partial charge in [-0.2, -0.15) is 0 Å². The van der Waals surface area contributed by atoms with Gasteiger partial charge >= 0.3 is 0 Å². The summed E-state index contributed by atoms with van der Waals surface area (Å²) in [6, 6.07) is 1.18. The van der Waals surface area contributed by atoms with Gasteiger partial charge in [0.1, 0.15) is 18.9 Å². The van der Waals surface area contributed by atoms with Crippen LogP contribution in [0.25, 0.3) is 11.2 Å². The van der Waals surface area contributed by atoms with Gasteiger partial charge in [-0.15, -0.1) is 0 Å². The molecule has 0 aliphatic heterocycles. The average Bonchev–Trinajstić information content (AvgIpc) is 3.33. The van der Waals surface area contributed by atoms with Crippen molar-refractivity contribution in [3.8, 4) is 0 Å². The molecule has 1 saturated carbocycles. The summed E-state index contributed by atoms with van der Waals surface area (Å²) in [6.07, 6.45) is 6.34. The molecule has 0 saturated heterocycles. The van der Waals surface area contributed by atoms with E-state index in [1.54, 1.807) is 6.33 Å². The Morgan fingerprint density at radius 3 is 2.76 bits per heavy atom. The van der Waals surface area contributed by atoms with E-state index in [1.807, 2.05) is 0 Å². The minimum Gasteiger partial charge on any atom is -0.368 e. The van der Waals surface area contributed by atoms with E-state index in [-0.39, 0.29) is 0 Å². The number of ether oxygens (including phenoxy) is 1. The van der Waals surface area contributed by atoms with E-state index < -0.39 is 8.07 Å². The predicted molar refractivity (Wildman–Crippen MR) is 105 cm³/mol. The maximum atomic E-state index is 6.00. The zero-order valence-electron chi connectivity index (χ0n) is 16.0. The average molecular weight is 362 g/mol. The molecule has 0 spiro atoms. The Morgan fingerprint density at radius 1 is 1.28 bits per heavy atom. The first-order valence-corrected chi connectivity index (χ1v) is 13.2. The number of rotatable bonds is 10. The van der Waals surface area contributed by atoms with Crippen molar-refractivity contribution in [1.29, 1.82) is 0 Å². The third-order valence-electron chi connectivity index (χ3n) is 4.54. The molecule has 0 amide bonds. The topological polar surface area (TPSA) is 64.9 Å². The zero-order chi connectivity index (χ0) is 17.9. The summed E-state index contributed by atoms with van der Waals surface area (Å²) in [7, 11) is -1.07. The van der Waals surface area contributed by atoms with Crippen LogP contribution in [0.2, 0.25) is 25.7 Å². The molecule has 0 atom stereocenters. The Kier molecular flexibility index (Phi) is 5.73. The quantitative estimate of drug-likeness (QED) is 0.507. The monoisotopic (exact) mass is 361 g/mol. The standard InChI is InChI=1S/C18H31N5OSi/c1-5-6-9-19-16-15-18(21-12-20-16)23(17(22-15)14-7-8-14)13-24-10-11-25(2,3)4/h12,14H,5-11,13H2,1-4H3,(H,19,20,21). The number of nitrogens with zero attached hydrogens (tertiary/aromatic N) is 4. The van der Waals surface area contributed by atoms with Crippen LogP contribution in [0.4, 0.5) is 5.82 Å². The van der Waals surface area contributed by atoms with Crippen LogP contribution < -0.4 is 5.32 Å². The Hall–Kier alpha value is -1.47.